The zero-order chi connectivity index (χ0) is 13.1. The average molecular weight is 263 g/mol. The predicted molar refractivity (Wildman–Crippen MR) is 76.3 cm³/mol. The van der Waals surface area contributed by atoms with Crippen molar-refractivity contribution >= 4 is 28.9 Å². The molecule has 1 amide bonds. The first kappa shape index (κ1) is 12.8. The minimum atomic E-state index is -0.305. The first-order chi connectivity index (χ1) is 8.58. The highest BCUT2D eigenvalue weighted by atomic mass is 32.1. The number of rotatable bonds is 2. The molecule has 4 nitrogen and oxygen atoms in total. The Morgan fingerprint density at radius 3 is 3.00 bits per heavy atom. The van der Waals surface area contributed by atoms with E-state index in [0.29, 0.717) is 5.11 Å². The van der Waals surface area contributed by atoms with E-state index in [1.54, 1.807) is 0 Å². The number of thiocarbonyl (C=S) groups is 1. The van der Waals surface area contributed by atoms with Crippen molar-refractivity contribution in [2.45, 2.75) is 25.8 Å². The van der Waals surface area contributed by atoms with Crippen molar-refractivity contribution in [1.29, 1.82) is 0 Å². The fraction of sp³-hybridized carbons (Fsp3) is 0.385. The molecule has 0 unspecified atom stereocenters. The lowest BCUT2D eigenvalue weighted by atomic mass is 10.2. The van der Waals surface area contributed by atoms with Gasteiger partial charge in [-0.15, -0.1) is 0 Å². The van der Waals surface area contributed by atoms with Crippen LogP contribution in [0.4, 0.5) is 5.69 Å². The van der Waals surface area contributed by atoms with Crippen LogP contribution < -0.4 is 11.1 Å². The quantitative estimate of drug-likeness (QED) is 0.796. The molecule has 1 aromatic carbocycles. The number of nitrogens with zero attached hydrogens (tertiary/aromatic N) is 1. The molecule has 2 rings (SSSR count). The van der Waals surface area contributed by atoms with Crippen LogP contribution in [-0.2, 0) is 4.79 Å². The van der Waals surface area contributed by atoms with Crippen molar-refractivity contribution in [3.63, 3.8) is 0 Å². The Balaban J connectivity index is 2.06. The van der Waals surface area contributed by atoms with Crippen LogP contribution in [0.1, 0.15) is 18.4 Å². The van der Waals surface area contributed by atoms with E-state index in [4.69, 9.17) is 18.0 Å². The number of anilines is 1. The van der Waals surface area contributed by atoms with Crippen LogP contribution in [0.3, 0.4) is 0 Å². The number of aryl methyl sites for hydroxylation is 1. The fourth-order valence-corrected chi connectivity index (χ4v) is 2.56. The molecule has 0 bridgehead atoms. The van der Waals surface area contributed by atoms with Gasteiger partial charge < -0.3 is 16.0 Å². The van der Waals surface area contributed by atoms with Crippen LogP contribution >= 0.6 is 12.2 Å². The number of primary amides is 1. The highest BCUT2D eigenvalue weighted by Gasteiger charge is 2.30. The van der Waals surface area contributed by atoms with Crippen LogP contribution in [-0.4, -0.2) is 28.5 Å². The van der Waals surface area contributed by atoms with E-state index < -0.39 is 0 Å². The molecule has 1 heterocycles. The minimum absolute atomic E-state index is 0.269. The van der Waals surface area contributed by atoms with Crippen molar-refractivity contribution in [3.8, 4) is 0 Å². The van der Waals surface area contributed by atoms with Crippen molar-refractivity contribution < 1.29 is 4.79 Å². The lowest BCUT2D eigenvalue weighted by molar-refractivity contribution is -0.121. The monoisotopic (exact) mass is 263 g/mol. The van der Waals surface area contributed by atoms with Crippen LogP contribution in [0.25, 0.3) is 0 Å². The molecule has 1 aliphatic heterocycles. The van der Waals surface area contributed by atoms with Crippen LogP contribution in [0.15, 0.2) is 24.3 Å². The van der Waals surface area contributed by atoms with E-state index >= 15 is 0 Å². The van der Waals surface area contributed by atoms with Gasteiger partial charge in [-0.1, -0.05) is 12.1 Å². The van der Waals surface area contributed by atoms with Gasteiger partial charge in [0.2, 0.25) is 5.91 Å². The Morgan fingerprint density at radius 1 is 1.56 bits per heavy atom. The van der Waals surface area contributed by atoms with Crippen molar-refractivity contribution in [2.24, 2.45) is 5.73 Å². The van der Waals surface area contributed by atoms with E-state index in [1.807, 2.05) is 36.1 Å². The highest BCUT2D eigenvalue weighted by Crippen LogP contribution is 2.19. The lowest BCUT2D eigenvalue weighted by Gasteiger charge is -2.25. The number of hydrogen-bond acceptors (Lipinski definition) is 2. The van der Waals surface area contributed by atoms with E-state index in [1.165, 1.54) is 0 Å². The van der Waals surface area contributed by atoms with E-state index in [-0.39, 0.29) is 11.9 Å². The van der Waals surface area contributed by atoms with Gasteiger partial charge in [-0.05, 0) is 49.7 Å². The molecular formula is C13H17N3OS. The highest BCUT2D eigenvalue weighted by molar-refractivity contribution is 7.80. The molecule has 0 radical (unpaired) electrons. The molecule has 3 N–H and O–H groups in total. The second kappa shape index (κ2) is 5.35. The maximum atomic E-state index is 11.3. The summed E-state index contributed by atoms with van der Waals surface area (Å²) in [6.45, 7) is 2.81. The number of hydrogen-bond donors (Lipinski definition) is 2. The third kappa shape index (κ3) is 2.79. The molecule has 0 aliphatic carbocycles. The van der Waals surface area contributed by atoms with Crippen molar-refractivity contribution in [1.82, 2.24) is 4.90 Å². The predicted octanol–water partition coefficient (Wildman–Crippen LogP) is 1.64. The second-order valence-corrected chi connectivity index (χ2v) is 4.94. The van der Waals surface area contributed by atoms with Gasteiger partial charge >= 0.3 is 0 Å². The molecule has 96 valence electrons. The van der Waals surface area contributed by atoms with E-state index in [9.17, 15) is 4.79 Å². The van der Waals surface area contributed by atoms with E-state index in [0.717, 1.165) is 30.6 Å². The summed E-state index contributed by atoms with van der Waals surface area (Å²) in [4.78, 5) is 13.2. The van der Waals surface area contributed by atoms with Crippen LogP contribution in [0, 0.1) is 6.92 Å². The Labute approximate surface area is 112 Å². The van der Waals surface area contributed by atoms with Gasteiger partial charge in [0.15, 0.2) is 5.11 Å². The summed E-state index contributed by atoms with van der Waals surface area (Å²) in [5, 5.41) is 3.73. The summed E-state index contributed by atoms with van der Waals surface area (Å²) < 4.78 is 0. The topological polar surface area (TPSA) is 58.4 Å². The zero-order valence-corrected chi connectivity index (χ0v) is 11.2. The summed E-state index contributed by atoms with van der Waals surface area (Å²) in [7, 11) is 0. The smallest absolute Gasteiger partial charge is 0.240 e. The number of nitrogens with two attached hydrogens (primary N) is 1. The molecule has 1 fully saturated rings. The number of carbonyl (C=O) groups is 1. The minimum Gasteiger partial charge on any atom is -0.368 e. The molecule has 1 aliphatic rings. The molecule has 1 aromatic rings. The first-order valence-corrected chi connectivity index (χ1v) is 6.42. The SMILES string of the molecule is Cc1cccc(NC(=S)N2CCC[C@@H]2C(N)=O)c1. The Bertz CT molecular complexity index is 475. The molecule has 18 heavy (non-hydrogen) atoms. The van der Waals surface area contributed by atoms with E-state index in [2.05, 4.69) is 5.32 Å². The molecule has 1 saturated heterocycles. The molecule has 0 spiro atoms. The maximum absolute atomic E-state index is 11.3. The maximum Gasteiger partial charge on any atom is 0.240 e. The molecular weight excluding hydrogens is 246 g/mol. The van der Waals surface area contributed by atoms with Gasteiger partial charge in [0, 0.05) is 12.2 Å². The third-order valence-corrected chi connectivity index (χ3v) is 3.45. The van der Waals surface area contributed by atoms with Crippen molar-refractivity contribution in [3.05, 3.63) is 29.8 Å². The summed E-state index contributed by atoms with van der Waals surface area (Å²) >= 11 is 5.34. The van der Waals surface area contributed by atoms with Crippen molar-refractivity contribution in [2.75, 3.05) is 11.9 Å². The fourth-order valence-electron chi connectivity index (χ4n) is 2.22. The molecule has 5 heteroatoms. The summed E-state index contributed by atoms with van der Waals surface area (Å²) in [6, 6.07) is 7.69. The first-order valence-electron chi connectivity index (χ1n) is 6.01. The standard InChI is InChI=1S/C13H17N3OS/c1-9-4-2-5-10(8-9)15-13(18)16-7-3-6-11(16)12(14)17/h2,4-5,8,11H,3,6-7H2,1H3,(H2,14,17)(H,15,18)/t11-/m1/s1. The van der Waals surface area contributed by atoms with Gasteiger partial charge in [0.05, 0.1) is 0 Å². The number of likely N-dealkylation sites (tertiary alicyclic amines) is 1. The number of amides is 1. The molecule has 1 atom stereocenters. The molecule has 0 aromatic heterocycles. The zero-order valence-electron chi connectivity index (χ0n) is 10.3. The van der Waals surface area contributed by atoms with Gasteiger partial charge in [0.25, 0.3) is 0 Å². The van der Waals surface area contributed by atoms with Gasteiger partial charge in [-0.3, -0.25) is 4.79 Å². The van der Waals surface area contributed by atoms with Gasteiger partial charge in [-0.25, -0.2) is 0 Å². The Morgan fingerprint density at radius 2 is 2.33 bits per heavy atom. The second-order valence-electron chi connectivity index (χ2n) is 4.55. The molecule has 0 saturated carbocycles. The normalized spacial score (nSPS) is 18.7. The number of nitrogens with one attached hydrogen (secondary N) is 1. The summed E-state index contributed by atoms with van der Waals surface area (Å²) in [6.07, 6.45) is 1.73. The largest absolute Gasteiger partial charge is 0.368 e. The van der Waals surface area contributed by atoms with Crippen LogP contribution in [0.2, 0.25) is 0 Å². The number of benzene rings is 1. The van der Waals surface area contributed by atoms with Gasteiger partial charge in [-0.2, -0.15) is 0 Å². The van der Waals surface area contributed by atoms with Gasteiger partial charge in [0.1, 0.15) is 6.04 Å². The van der Waals surface area contributed by atoms with Crippen LogP contribution in [0.5, 0.6) is 0 Å². The third-order valence-electron chi connectivity index (χ3n) is 3.11. The Hall–Kier alpha value is -1.62. The summed E-state index contributed by atoms with van der Waals surface area (Å²) in [5.74, 6) is -0.305. The Kier molecular flexibility index (Phi) is 3.81. The summed E-state index contributed by atoms with van der Waals surface area (Å²) in [5.41, 5.74) is 7.48. The average Bonchev–Trinajstić information content (AvgIpc) is 2.77. The number of carbonyl (C=O) groups excluding carboxylic acids is 1. The lowest BCUT2D eigenvalue weighted by Crippen LogP contribution is -2.45.